The quantitative estimate of drug-likeness (QED) is 0.205. The van der Waals surface area contributed by atoms with E-state index in [2.05, 4.69) is 53.4 Å². The summed E-state index contributed by atoms with van der Waals surface area (Å²) in [4.78, 5) is 1.38. The molecule has 5 nitrogen and oxygen atoms in total. The summed E-state index contributed by atoms with van der Waals surface area (Å²) in [6.07, 6.45) is -4.45. The highest BCUT2D eigenvalue weighted by Crippen LogP contribution is 2.41. The Labute approximate surface area is 206 Å². The predicted octanol–water partition coefficient (Wildman–Crippen LogP) is 6.53. The van der Waals surface area contributed by atoms with Crippen molar-refractivity contribution < 1.29 is 13.2 Å². The number of halogens is 7. The molecule has 1 aromatic heterocycles. The van der Waals surface area contributed by atoms with E-state index < -0.39 is 17.3 Å². The van der Waals surface area contributed by atoms with Crippen molar-refractivity contribution in [3.63, 3.8) is 0 Å². The van der Waals surface area contributed by atoms with E-state index >= 15 is 0 Å². The number of fused-ring (bicyclic) bond motifs is 1. The van der Waals surface area contributed by atoms with E-state index in [4.69, 9.17) is 35.4 Å². The van der Waals surface area contributed by atoms with Crippen LogP contribution in [0.4, 0.5) is 13.2 Å². The number of alkyl halides is 3. The van der Waals surface area contributed by atoms with E-state index in [9.17, 15) is 18.4 Å². The average Bonchev–Trinajstić information content (AvgIpc) is 3.13. The van der Waals surface area contributed by atoms with Gasteiger partial charge in [0, 0.05) is 5.56 Å². The fourth-order valence-electron chi connectivity index (χ4n) is 2.63. The summed E-state index contributed by atoms with van der Waals surface area (Å²) >= 11 is 24.4. The number of aromatic nitrogens is 3. The normalized spacial score (nSPS) is 13.6. The molecule has 0 aliphatic heterocycles. The van der Waals surface area contributed by atoms with Crippen LogP contribution in [0.2, 0.25) is 10.0 Å². The van der Waals surface area contributed by atoms with Crippen LogP contribution in [-0.2, 0) is 12.7 Å². The third-order valence-electron chi connectivity index (χ3n) is 4.22. The van der Waals surface area contributed by atoms with Crippen LogP contribution in [0, 0.1) is 11.3 Å². The molecule has 0 fully saturated rings. The molecule has 1 unspecified atom stereocenters. The second-order valence-corrected chi connectivity index (χ2v) is 9.41. The maximum absolute atomic E-state index is 12.8. The zero-order valence-corrected chi connectivity index (χ0v) is 20.9. The Morgan fingerprint density at radius 2 is 1.71 bits per heavy atom. The average molecular weight is 616 g/mol. The molecule has 13 heteroatoms. The molecule has 3 aromatic rings. The number of rotatable bonds is 4. The topological polar surface area (TPSA) is 66.5 Å². The number of nitrogens with one attached hydrogen (secondary N) is 1. The lowest BCUT2D eigenvalue weighted by Gasteiger charge is -2.24. The van der Waals surface area contributed by atoms with Crippen molar-refractivity contribution >= 4 is 83.3 Å². The first-order valence-electron chi connectivity index (χ1n) is 8.34. The summed E-state index contributed by atoms with van der Waals surface area (Å²) in [5.74, 6) is 0. The number of hydrogen-bond donors (Lipinski definition) is 1. The van der Waals surface area contributed by atoms with Crippen molar-refractivity contribution in [1.29, 1.82) is 5.26 Å². The van der Waals surface area contributed by atoms with Crippen LogP contribution in [-0.4, -0.2) is 25.5 Å². The second kappa shape index (κ2) is 8.83. The SMILES string of the molecule is CC(C#N)(Cn1nc2c(Cl)c(Br)c(Cl)c(Br)c2n1)NC(=S)c1ccc(C(F)(F)F)cc1. The van der Waals surface area contributed by atoms with Gasteiger partial charge in [-0.25, -0.2) is 0 Å². The molecule has 0 radical (unpaired) electrons. The van der Waals surface area contributed by atoms with Crippen LogP contribution >= 0.6 is 67.3 Å². The standard InChI is InChI=1S/C18H10Br2Cl2F3N5S/c1-17(6-26,27-16(31)8-2-4-9(5-3-8)18(23,24)25)7-30-28-14-11(20)12(21)10(19)13(22)15(14)29-30/h2-5H,7H2,1H3,(H,27,31). The molecular weight excluding hydrogens is 606 g/mol. The molecule has 0 spiro atoms. The van der Waals surface area contributed by atoms with Gasteiger partial charge in [-0.05, 0) is 50.9 Å². The van der Waals surface area contributed by atoms with Crippen LogP contribution in [0.3, 0.4) is 0 Å². The minimum Gasteiger partial charge on any atom is -0.357 e. The molecule has 1 heterocycles. The van der Waals surface area contributed by atoms with Crippen LogP contribution in [0.25, 0.3) is 11.0 Å². The van der Waals surface area contributed by atoms with Crippen molar-refractivity contribution in [3.8, 4) is 6.07 Å². The molecular formula is C18H10Br2Cl2F3N5S. The van der Waals surface area contributed by atoms with Crippen molar-refractivity contribution in [2.45, 2.75) is 25.2 Å². The Kier molecular flexibility index (Phi) is 6.89. The fraction of sp³-hybridized carbons (Fsp3) is 0.222. The zero-order chi connectivity index (χ0) is 23.1. The number of nitrogens with zero attached hydrogens (tertiary/aromatic N) is 4. The summed E-state index contributed by atoms with van der Waals surface area (Å²) < 4.78 is 39.2. The molecule has 0 aliphatic carbocycles. The summed E-state index contributed by atoms with van der Waals surface area (Å²) in [5.41, 5.74) is -0.944. The Morgan fingerprint density at radius 3 is 2.26 bits per heavy atom. The van der Waals surface area contributed by atoms with Crippen molar-refractivity contribution in [3.05, 3.63) is 54.4 Å². The van der Waals surface area contributed by atoms with E-state index in [1.165, 1.54) is 16.9 Å². The summed E-state index contributed by atoms with van der Waals surface area (Å²) in [6.45, 7) is 1.54. The van der Waals surface area contributed by atoms with Gasteiger partial charge < -0.3 is 5.32 Å². The van der Waals surface area contributed by atoms with Crippen LogP contribution < -0.4 is 5.32 Å². The van der Waals surface area contributed by atoms with E-state index in [0.717, 1.165) is 12.1 Å². The van der Waals surface area contributed by atoms with Crippen LogP contribution in [0.15, 0.2) is 33.2 Å². The van der Waals surface area contributed by atoms with E-state index in [0.29, 0.717) is 30.6 Å². The maximum atomic E-state index is 12.8. The van der Waals surface area contributed by atoms with E-state index in [-0.39, 0.29) is 16.6 Å². The van der Waals surface area contributed by atoms with Gasteiger partial charge in [0.25, 0.3) is 0 Å². The Morgan fingerprint density at radius 1 is 1.13 bits per heavy atom. The maximum Gasteiger partial charge on any atom is 0.416 e. The lowest BCUT2D eigenvalue weighted by molar-refractivity contribution is -0.137. The van der Waals surface area contributed by atoms with E-state index in [1.807, 2.05) is 0 Å². The number of thiocarbonyl (C=S) groups is 1. The smallest absolute Gasteiger partial charge is 0.357 e. The third kappa shape index (κ3) is 4.98. The van der Waals surface area contributed by atoms with Crippen molar-refractivity contribution in [2.24, 2.45) is 0 Å². The van der Waals surface area contributed by atoms with Gasteiger partial charge in [-0.2, -0.15) is 33.4 Å². The van der Waals surface area contributed by atoms with Crippen LogP contribution in [0.1, 0.15) is 18.1 Å². The highest BCUT2D eigenvalue weighted by Gasteiger charge is 2.31. The Bertz CT molecular complexity index is 1180. The first-order valence-corrected chi connectivity index (χ1v) is 11.1. The largest absolute Gasteiger partial charge is 0.416 e. The molecule has 2 aromatic carbocycles. The van der Waals surface area contributed by atoms with E-state index in [1.54, 1.807) is 6.92 Å². The number of hydrogen-bond acceptors (Lipinski definition) is 4. The predicted molar refractivity (Wildman–Crippen MR) is 123 cm³/mol. The number of benzene rings is 2. The molecule has 0 saturated heterocycles. The molecule has 0 aliphatic rings. The fourth-order valence-corrected chi connectivity index (χ4v) is 4.57. The molecule has 31 heavy (non-hydrogen) atoms. The second-order valence-electron chi connectivity index (χ2n) is 6.66. The van der Waals surface area contributed by atoms with Gasteiger partial charge in [-0.1, -0.05) is 47.6 Å². The first kappa shape index (κ1) is 24.2. The Balaban J connectivity index is 1.86. The number of nitriles is 1. The minimum atomic E-state index is -4.45. The van der Waals surface area contributed by atoms with Gasteiger partial charge in [0.1, 0.15) is 21.6 Å². The Hall–Kier alpha value is -1.45. The lowest BCUT2D eigenvalue weighted by Crippen LogP contribution is -2.48. The van der Waals surface area contributed by atoms with Gasteiger partial charge in [-0.15, -0.1) is 0 Å². The van der Waals surface area contributed by atoms with Gasteiger partial charge in [0.05, 0.1) is 37.2 Å². The molecule has 0 saturated carbocycles. The van der Waals surface area contributed by atoms with Gasteiger partial charge in [0.2, 0.25) is 0 Å². The molecule has 162 valence electrons. The first-order chi connectivity index (χ1) is 14.4. The van der Waals surface area contributed by atoms with Gasteiger partial charge in [-0.3, -0.25) is 0 Å². The van der Waals surface area contributed by atoms with Crippen molar-refractivity contribution in [1.82, 2.24) is 20.3 Å². The highest BCUT2D eigenvalue weighted by molar-refractivity contribution is 9.11. The van der Waals surface area contributed by atoms with Crippen molar-refractivity contribution in [2.75, 3.05) is 0 Å². The van der Waals surface area contributed by atoms with Gasteiger partial charge >= 0.3 is 6.18 Å². The molecule has 1 atom stereocenters. The molecule has 1 N–H and O–H groups in total. The summed E-state index contributed by atoms with van der Waals surface area (Å²) in [5, 5.41) is 21.8. The lowest BCUT2D eigenvalue weighted by atomic mass is 10.0. The van der Waals surface area contributed by atoms with Gasteiger partial charge in [0.15, 0.2) is 0 Å². The third-order valence-corrected chi connectivity index (χ3v) is 7.55. The minimum absolute atomic E-state index is 0.0308. The highest BCUT2D eigenvalue weighted by atomic mass is 79.9. The van der Waals surface area contributed by atoms with Crippen LogP contribution in [0.5, 0.6) is 0 Å². The zero-order valence-electron chi connectivity index (χ0n) is 15.4. The molecule has 0 amide bonds. The summed E-state index contributed by atoms with van der Waals surface area (Å²) in [7, 11) is 0. The monoisotopic (exact) mass is 613 g/mol. The molecule has 3 rings (SSSR count). The summed E-state index contributed by atoms with van der Waals surface area (Å²) in [6, 6.07) is 6.44. The molecule has 0 bridgehead atoms.